The predicted molar refractivity (Wildman–Crippen MR) is 69.1 cm³/mol. The van der Waals surface area contributed by atoms with Gasteiger partial charge in [-0.05, 0) is 12.0 Å². The fraction of sp³-hybridized carbons (Fsp3) is 0.500. The summed E-state index contributed by atoms with van der Waals surface area (Å²) in [5.41, 5.74) is 1.10. The molecule has 1 aromatic carbocycles. The van der Waals surface area contributed by atoms with Crippen LogP contribution in [0.25, 0.3) is 0 Å². The summed E-state index contributed by atoms with van der Waals surface area (Å²) in [4.78, 5) is 0. The van der Waals surface area contributed by atoms with Crippen molar-refractivity contribution < 1.29 is 13.3 Å². The number of benzene rings is 1. The molecule has 1 atom stereocenters. The van der Waals surface area contributed by atoms with Gasteiger partial charge >= 0.3 is 8.97 Å². The summed E-state index contributed by atoms with van der Waals surface area (Å²) < 4.78 is 16.2. The molecule has 0 saturated heterocycles. The highest BCUT2D eigenvalue weighted by atomic mass is 28.4. The first-order valence-electron chi connectivity index (χ1n) is 5.77. The molecule has 1 aromatic rings. The molecule has 0 aliphatic heterocycles. The Morgan fingerprint density at radius 3 is 2.24 bits per heavy atom. The Kier molecular flexibility index (Phi) is 5.80. The fourth-order valence-corrected chi connectivity index (χ4v) is 2.61. The van der Waals surface area contributed by atoms with E-state index in [1.165, 1.54) is 14.2 Å². The zero-order valence-electron chi connectivity index (χ0n) is 10.7. The van der Waals surface area contributed by atoms with Crippen molar-refractivity contribution >= 4 is 8.97 Å². The molecular weight excluding hydrogens is 234 g/mol. The van der Waals surface area contributed by atoms with Gasteiger partial charge in [-0.15, -0.1) is 0 Å². The molecule has 96 valence electrons. The van der Waals surface area contributed by atoms with E-state index in [0.717, 1.165) is 18.4 Å². The first-order valence-corrected chi connectivity index (χ1v) is 7.57. The maximum absolute atomic E-state index is 5.94. The van der Waals surface area contributed by atoms with Crippen LogP contribution in [0.3, 0.4) is 0 Å². The third-order valence-electron chi connectivity index (χ3n) is 2.60. The van der Waals surface area contributed by atoms with Crippen molar-refractivity contribution in [2.45, 2.75) is 25.9 Å². The van der Waals surface area contributed by atoms with Crippen LogP contribution >= 0.6 is 0 Å². The van der Waals surface area contributed by atoms with Crippen LogP contribution in [0.5, 0.6) is 0 Å². The molecule has 0 bridgehead atoms. The van der Waals surface area contributed by atoms with Gasteiger partial charge in [-0.25, -0.2) is 0 Å². The van der Waals surface area contributed by atoms with Crippen molar-refractivity contribution in [3.05, 3.63) is 35.9 Å². The van der Waals surface area contributed by atoms with Crippen LogP contribution in [0.15, 0.2) is 30.3 Å². The van der Waals surface area contributed by atoms with E-state index in [2.05, 4.69) is 6.92 Å². The maximum Gasteiger partial charge on any atom is 0.594 e. The Labute approximate surface area is 104 Å². The molecule has 5 heteroatoms. The van der Waals surface area contributed by atoms with E-state index in [1.807, 2.05) is 30.3 Å². The molecule has 4 nitrogen and oxygen atoms in total. The van der Waals surface area contributed by atoms with Crippen LogP contribution < -0.4 is 5.40 Å². The van der Waals surface area contributed by atoms with Gasteiger partial charge in [0.05, 0.1) is 6.10 Å². The largest absolute Gasteiger partial charge is 0.594 e. The fourth-order valence-electron chi connectivity index (χ4n) is 1.60. The monoisotopic (exact) mass is 255 g/mol. The normalized spacial score (nSPS) is 13.6. The lowest BCUT2D eigenvalue weighted by Gasteiger charge is -2.27. The molecular formula is C12H21NO3Si. The Bertz CT molecular complexity index is 317. The topological polar surface area (TPSA) is 53.7 Å². The lowest BCUT2D eigenvalue weighted by molar-refractivity contribution is 0.0509. The van der Waals surface area contributed by atoms with E-state index in [-0.39, 0.29) is 6.10 Å². The standard InChI is InChI=1S/C12H21NO3Si/c1-4-8-12(11-9-6-5-7-10-11)16-17(13,14-2)15-3/h5-7,9-10,12H,4,8,13H2,1-3H3. The number of rotatable bonds is 7. The molecule has 0 radical (unpaired) electrons. The van der Waals surface area contributed by atoms with Crippen molar-refractivity contribution in [1.82, 2.24) is 0 Å². The molecule has 0 saturated carbocycles. The molecule has 0 aliphatic rings. The van der Waals surface area contributed by atoms with Gasteiger partial charge in [0.1, 0.15) is 0 Å². The van der Waals surface area contributed by atoms with E-state index in [0.29, 0.717) is 0 Å². The quantitative estimate of drug-likeness (QED) is 0.759. The van der Waals surface area contributed by atoms with Gasteiger partial charge in [0.15, 0.2) is 0 Å². The molecule has 1 rings (SSSR count). The summed E-state index contributed by atoms with van der Waals surface area (Å²) in [5, 5.41) is 5.94. The number of hydrogen-bond donors (Lipinski definition) is 1. The second kappa shape index (κ2) is 6.88. The second-order valence-corrected chi connectivity index (χ2v) is 6.08. The van der Waals surface area contributed by atoms with Crippen LogP contribution in [0, 0.1) is 0 Å². The molecule has 0 aliphatic carbocycles. The summed E-state index contributed by atoms with van der Waals surface area (Å²) in [6.07, 6.45) is 1.83. The van der Waals surface area contributed by atoms with E-state index < -0.39 is 8.97 Å². The van der Waals surface area contributed by atoms with Crippen molar-refractivity contribution in [3.63, 3.8) is 0 Å². The first kappa shape index (κ1) is 14.3. The van der Waals surface area contributed by atoms with Crippen molar-refractivity contribution in [1.29, 1.82) is 0 Å². The van der Waals surface area contributed by atoms with Gasteiger partial charge < -0.3 is 13.3 Å². The Balaban J connectivity index is 2.80. The van der Waals surface area contributed by atoms with Crippen molar-refractivity contribution in [3.8, 4) is 0 Å². The average Bonchev–Trinajstić information content (AvgIpc) is 2.39. The lowest BCUT2D eigenvalue weighted by Crippen LogP contribution is -2.54. The van der Waals surface area contributed by atoms with Gasteiger partial charge in [0, 0.05) is 14.2 Å². The summed E-state index contributed by atoms with van der Waals surface area (Å²) in [6, 6.07) is 10.0. The number of hydrogen-bond acceptors (Lipinski definition) is 4. The van der Waals surface area contributed by atoms with E-state index in [9.17, 15) is 0 Å². The summed E-state index contributed by atoms with van der Waals surface area (Å²) in [6.45, 7) is 2.11. The summed E-state index contributed by atoms with van der Waals surface area (Å²) in [7, 11) is 0.0547. The molecule has 0 aromatic heterocycles. The highest BCUT2D eigenvalue weighted by molar-refractivity contribution is 6.56. The van der Waals surface area contributed by atoms with Crippen LogP contribution in [0.4, 0.5) is 0 Å². The van der Waals surface area contributed by atoms with Crippen LogP contribution in [-0.2, 0) is 13.3 Å². The third-order valence-corrected chi connectivity index (χ3v) is 4.35. The molecule has 1 unspecified atom stereocenters. The lowest BCUT2D eigenvalue weighted by atomic mass is 10.1. The van der Waals surface area contributed by atoms with Gasteiger partial charge in [0.2, 0.25) is 0 Å². The minimum Gasteiger partial charge on any atom is -0.365 e. The predicted octanol–water partition coefficient (Wildman–Crippen LogP) is 2.23. The van der Waals surface area contributed by atoms with Gasteiger partial charge in [-0.1, -0.05) is 43.7 Å². The van der Waals surface area contributed by atoms with Gasteiger partial charge in [-0.3, -0.25) is 5.40 Å². The van der Waals surface area contributed by atoms with Gasteiger partial charge in [-0.2, -0.15) is 0 Å². The van der Waals surface area contributed by atoms with Crippen LogP contribution in [-0.4, -0.2) is 23.2 Å². The highest BCUT2D eigenvalue weighted by Crippen LogP contribution is 2.25. The van der Waals surface area contributed by atoms with Crippen LogP contribution in [0.1, 0.15) is 31.4 Å². The molecule has 17 heavy (non-hydrogen) atoms. The molecule has 0 amide bonds. The van der Waals surface area contributed by atoms with E-state index in [4.69, 9.17) is 18.7 Å². The summed E-state index contributed by atoms with van der Waals surface area (Å²) >= 11 is 0. The number of nitrogens with two attached hydrogens (primary N) is 1. The first-order chi connectivity index (χ1) is 8.15. The zero-order chi connectivity index (χ0) is 12.7. The SMILES string of the molecule is CCCC(O[Si](N)(OC)OC)c1ccccc1. The molecule has 0 heterocycles. The van der Waals surface area contributed by atoms with Crippen molar-refractivity contribution in [2.75, 3.05) is 14.2 Å². The molecule has 0 fully saturated rings. The Morgan fingerprint density at radius 2 is 1.76 bits per heavy atom. The molecule has 2 N–H and O–H groups in total. The average molecular weight is 255 g/mol. The Morgan fingerprint density at radius 1 is 1.18 bits per heavy atom. The van der Waals surface area contributed by atoms with Crippen LogP contribution in [0.2, 0.25) is 0 Å². The van der Waals surface area contributed by atoms with Gasteiger partial charge in [0.25, 0.3) is 0 Å². The second-order valence-electron chi connectivity index (χ2n) is 3.82. The Hall–Kier alpha value is -0.723. The zero-order valence-corrected chi connectivity index (χ0v) is 11.7. The highest BCUT2D eigenvalue weighted by Gasteiger charge is 2.37. The summed E-state index contributed by atoms with van der Waals surface area (Å²) in [5.74, 6) is 0. The van der Waals surface area contributed by atoms with Crippen molar-refractivity contribution in [2.24, 2.45) is 5.40 Å². The maximum atomic E-state index is 5.94. The minimum absolute atomic E-state index is 0.0715. The smallest absolute Gasteiger partial charge is 0.365 e. The molecule has 0 spiro atoms. The minimum atomic E-state index is -2.98. The third kappa shape index (κ3) is 4.21. The van der Waals surface area contributed by atoms with E-state index in [1.54, 1.807) is 0 Å². The van der Waals surface area contributed by atoms with E-state index >= 15 is 0 Å².